The SMILES string of the molecule is CC1NCCCC1NC(=O)c1cnc(-c2ccncc2)s1. The van der Waals surface area contributed by atoms with Crippen LogP contribution >= 0.6 is 11.3 Å². The zero-order chi connectivity index (χ0) is 14.7. The average Bonchev–Trinajstić information content (AvgIpc) is 3.00. The van der Waals surface area contributed by atoms with Gasteiger partial charge in [-0.1, -0.05) is 0 Å². The minimum Gasteiger partial charge on any atom is -0.347 e. The lowest BCUT2D eigenvalue weighted by Gasteiger charge is -2.30. The van der Waals surface area contributed by atoms with Gasteiger partial charge in [0.25, 0.3) is 5.91 Å². The molecule has 2 aromatic rings. The maximum absolute atomic E-state index is 12.3. The highest BCUT2D eigenvalue weighted by atomic mass is 32.1. The molecule has 0 aliphatic carbocycles. The van der Waals surface area contributed by atoms with Crippen LogP contribution in [-0.2, 0) is 0 Å². The van der Waals surface area contributed by atoms with Crippen LogP contribution < -0.4 is 10.6 Å². The Morgan fingerprint density at radius 2 is 2.24 bits per heavy atom. The second kappa shape index (κ2) is 6.32. The fourth-order valence-electron chi connectivity index (χ4n) is 2.49. The van der Waals surface area contributed by atoms with E-state index in [2.05, 4.69) is 27.5 Å². The summed E-state index contributed by atoms with van der Waals surface area (Å²) in [6.07, 6.45) is 7.23. The maximum Gasteiger partial charge on any atom is 0.263 e. The van der Waals surface area contributed by atoms with Gasteiger partial charge >= 0.3 is 0 Å². The van der Waals surface area contributed by atoms with E-state index < -0.39 is 0 Å². The number of hydrogen-bond acceptors (Lipinski definition) is 5. The molecule has 6 heteroatoms. The fraction of sp³-hybridized carbons (Fsp3) is 0.400. The lowest BCUT2D eigenvalue weighted by Crippen LogP contribution is -2.51. The van der Waals surface area contributed by atoms with Crippen molar-refractivity contribution in [2.45, 2.75) is 31.8 Å². The Labute approximate surface area is 127 Å². The number of pyridine rings is 1. The Hall–Kier alpha value is -1.79. The van der Waals surface area contributed by atoms with Crippen LogP contribution in [0.4, 0.5) is 0 Å². The second-order valence-corrected chi connectivity index (χ2v) is 6.26. The second-order valence-electron chi connectivity index (χ2n) is 5.23. The van der Waals surface area contributed by atoms with Crippen molar-refractivity contribution in [3.63, 3.8) is 0 Å². The summed E-state index contributed by atoms with van der Waals surface area (Å²) in [5, 5.41) is 7.34. The minimum atomic E-state index is -0.0339. The first-order chi connectivity index (χ1) is 10.2. The molecular weight excluding hydrogens is 284 g/mol. The third kappa shape index (κ3) is 3.28. The zero-order valence-electron chi connectivity index (χ0n) is 11.9. The molecule has 1 fully saturated rings. The molecule has 1 amide bonds. The molecule has 1 aliphatic rings. The largest absolute Gasteiger partial charge is 0.347 e. The molecule has 1 saturated heterocycles. The van der Waals surface area contributed by atoms with Gasteiger partial charge in [-0.2, -0.15) is 0 Å². The number of piperidine rings is 1. The number of carbonyl (C=O) groups excluding carboxylic acids is 1. The minimum absolute atomic E-state index is 0.0339. The molecule has 2 aromatic heterocycles. The summed E-state index contributed by atoms with van der Waals surface area (Å²) in [7, 11) is 0. The first kappa shape index (κ1) is 14.2. The van der Waals surface area contributed by atoms with Gasteiger partial charge in [-0.15, -0.1) is 11.3 Å². The Bertz CT molecular complexity index is 613. The van der Waals surface area contributed by atoms with Crippen LogP contribution in [0.2, 0.25) is 0 Å². The normalized spacial score (nSPS) is 22.0. The Kier molecular flexibility index (Phi) is 4.26. The molecule has 0 aromatic carbocycles. The van der Waals surface area contributed by atoms with Crippen LogP contribution in [-0.4, -0.2) is 34.5 Å². The zero-order valence-corrected chi connectivity index (χ0v) is 12.7. The van der Waals surface area contributed by atoms with Gasteiger partial charge in [0.2, 0.25) is 0 Å². The smallest absolute Gasteiger partial charge is 0.263 e. The van der Waals surface area contributed by atoms with E-state index in [1.807, 2.05) is 12.1 Å². The molecule has 21 heavy (non-hydrogen) atoms. The van der Waals surface area contributed by atoms with E-state index in [9.17, 15) is 4.79 Å². The Morgan fingerprint density at radius 1 is 1.43 bits per heavy atom. The van der Waals surface area contributed by atoms with Crippen LogP contribution in [0.15, 0.2) is 30.7 Å². The summed E-state index contributed by atoms with van der Waals surface area (Å²) < 4.78 is 0. The van der Waals surface area contributed by atoms with Gasteiger partial charge in [-0.05, 0) is 38.4 Å². The highest BCUT2D eigenvalue weighted by Crippen LogP contribution is 2.24. The molecule has 110 valence electrons. The highest BCUT2D eigenvalue weighted by molar-refractivity contribution is 7.16. The number of nitrogens with zero attached hydrogens (tertiary/aromatic N) is 2. The summed E-state index contributed by atoms with van der Waals surface area (Å²) in [4.78, 5) is 21.3. The molecule has 1 aliphatic heterocycles. The maximum atomic E-state index is 12.3. The van der Waals surface area contributed by atoms with E-state index in [-0.39, 0.29) is 11.9 Å². The third-order valence-corrected chi connectivity index (χ3v) is 4.78. The van der Waals surface area contributed by atoms with Crippen LogP contribution in [0, 0.1) is 0 Å². The summed E-state index contributed by atoms with van der Waals surface area (Å²) in [5.41, 5.74) is 0.988. The lowest BCUT2D eigenvalue weighted by atomic mass is 10.00. The van der Waals surface area contributed by atoms with Gasteiger partial charge in [0, 0.05) is 30.0 Å². The monoisotopic (exact) mass is 302 g/mol. The predicted molar refractivity (Wildman–Crippen MR) is 83.3 cm³/mol. The number of hydrogen-bond donors (Lipinski definition) is 2. The van der Waals surface area contributed by atoms with Crippen LogP contribution in [0.3, 0.4) is 0 Å². The van der Waals surface area contributed by atoms with Crippen LogP contribution in [0.25, 0.3) is 10.6 Å². The Balaban J connectivity index is 1.69. The lowest BCUT2D eigenvalue weighted by molar-refractivity contribution is 0.0924. The van der Waals surface area contributed by atoms with Crippen LogP contribution in [0.1, 0.15) is 29.4 Å². The number of thiazole rings is 1. The van der Waals surface area contributed by atoms with Gasteiger partial charge < -0.3 is 10.6 Å². The van der Waals surface area contributed by atoms with Gasteiger partial charge in [0.1, 0.15) is 9.88 Å². The van der Waals surface area contributed by atoms with Gasteiger partial charge in [-0.3, -0.25) is 9.78 Å². The molecule has 2 unspecified atom stereocenters. The topological polar surface area (TPSA) is 66.9 Å². The van der Waals surface area contributed by atoms with E-state index in [0.717, 1.165) is 30.0 Å². The van der Waals surface area contributed by atoms with Crippen LogP contribution in [0.5, 0.6) is 0 Å². The molecule has 0 bridgehead atoms. The van der Waals surface area contributed by atoms with E-state index in [0.29, 0.717) is 10.9 Å². The van der Waals surface area contributed by atoms with E-state index >= 15 is 0 Å². The first-order valence-electron chi connectivity index (χ1n) is 7.14. The number of amides is 1. The molecule has 5 nitrogen and oxygen atoms in total. The van der Waals surface area contributed by atoms with E-state index in [1.165, 1.54) is 11.3 Å². The number of nitrogens with one attached hydrogen (secondary N) is 2. The molecule has 3 rings (SSSR count). The van der Waals surface area contributed by atoms with Crippen molar-refractivity contribution in [3.8, 4) is 10.6 Å². The molecule has 0 radical (unpaired) electrons. The number of aromatic nitrogens is 2. The third-order valence-electron chi connectivity index (χ3n) is 3.74. The summed E-state index contributed by atoms with van der Waals surface area (Å²) in [6.45, 7) is 3.14. The quantitative estimate of drug-likeness (QED) is 0.911. The molecule has 0 spiro atoms. The van der Waals surface area contributed by atoms with Gasteiger partial charge in [0.05, 0.1) is 6.20 Å². The summed E-state index contributed by atoms with van der Waals surface area (Å²) in [6, 6.07) is 4.30. The van der Waals surface area contributed by atoms with Crippen molar-refractivity contribution in [1.29, 1.82) is 0 Å². The fourth-order valence-corrected chi connectivity index (χ4v) is 3.31. The van der Waals surface area contributed by atoms with Crippen molar-refractivity contribution in [1.82, 2.24) is 20.6 Å². The van der Waals surface area contributed by atoms with Crippen molar-refractivity contribution < 1.29 is 4.79 Å². The first-order valence-corrected chi connectivity index (χ1v) is 7.96. The van der Waals surface area contributed by atoms with E-state index in [1.54, 1.807) is 18.6 Å². The van der Waals surface area contributed by atoms with Crippen molar-refractivity contribution in [3.05, 3.63) is 35.6 Å². The van der Waals surface area contributed by atoms with Gasteiger partial charge in [0.15, 0.2) is 0 Å². The summed E-state index contributed by atoms with van der Waals surface area (Å²) in [5.74, 6) is -0.0339. The molecular formula is C15H18N4OS. The molecule has 2 N–H and O–H groups in total. The molecule has 2 atom stereocenters. The Morgan fingerprint density at radius 3 is 3.00 bits per heavy atom. The number of rotatable bonds is 3. The van der Waals surface area contributed by atoms with Crippen molar-refractivity contribution in [2.24, 2.45) is 0 Å². The van der Waals surface area contributed by atoms with E-state index in [4.69, 9.17) is 0 Å². The standard InChI is InChI=1S/C15H18N4OS/c1-10-12(3-2-6-17-10)19-14(20)13-9-18-15(21-13)11-4-7-16-8-5-11/h4-5,7-10,12,17H,2-3,6H2,1H3,(H,19,20). The molecule has 0 saturated carbocycles. The van der Waals surface area contributed by atoms with Crippen molar-refractivity contribution in [2.75, 3.05) is 6.54 Å². The van der Waals surface area contributed by atoms with Crippen molar-refractivity contribution >= 4 is 17.2 Å². The summed E-state index contributed by atoms with van der Waals surface area (Å²) >= 11 is 1.41. The molecule has 3 heterocycles. The number of carbonyl (C=O) groups is 1. The average molecular weight is 302 g/mol. The highest BCUT2D eigenvalue weighted by Gasteiger charge is 2.23. The predicted octanol–water partition coefficient (Wildman–Crippen LogP) is 2.08. The van der Waals surface area contributed by atoms with Gasteiger partial charge in [-0.25, -0.2) is 4.98 Å².